The molecule has 0 aliphatic heterocycles. The molecule has 0 spiro atoms. The van der Waals surface area contributed by atoms with Crippen LogP contribution in [0.25, 0.3) is 0 Å². The summed E-state index contributed by atoms with van der Waals surface area (Å²) >= 11 is 0. The fourth-order valence-electron chi connectivity index (χ4n) is 3.18. The van der Waals surface area contributed by atoms with Gasteiger partial charge in [-0.1, -0.05) is 124 Å². The van der Waals surface area contributed by atoms with Gasteiger partial charge in [0.15, 0.2) is 0 Å². The van der Waals surface area contributed by atoms with Crippen molar-refractivity contribution in [2.45, 2.75) is 39.3 Å². The molecule has 0 saturated heterocycles. The van der Waals surface area contributed by atoms with E-state index in [1.54, 1.807) is 0 Å². The van der Waals surface area contributed by atoms with E-state index in [4.69, 9.17) is 0 Å². The molecule has 4 rings (SSSR count). The zero-order chi connectivity index (χ0) is 26.6. The van der Waals surface area contributed by atoms with E-state index in [1.807, 2.05) is 0 Å². The molecule has 0 nitrogen and oxygen atoms in total. The van der Waals surface area contributed by atoms with E-state index in [9.17, 15) is 0 Å². The van der Waals surface area contributed by atoms with Gasteiger partial charge in [-0.15, -0.1) is 16.1 Å². The van der Waals surface area contributed by atoms with Gasteiger partial charge in [0.05, 0.1) is 0 Å². The van der Waals surface area contributed by atoms with Crippen LogP contribution in [0.15, 0.2) is 84.9 Å². The van der Waals surface area contributed by atoms with Crippen LogP contribution < -0.4 is 15.9 Å². The monoisotopic (exact) mass is 623 g/mol. The first kappa shape index (κ1) is 34.2. The summed E-state index contributed by atoms with van der Waals surface area (Å²) in [5.74, 6) is 1.25. The van der Waals surface area contributed by atoms with Crippen molar-refractivity contribution in [3.05, 3.63) is 148 Å². The molecule has 0 bridgehead atoms. The zero-order valence-corrected chi connectivity index (χ0v) is 28.2. The summed E-state index contributed by atoms with van der Waals surface area (Å²) in [7, 11) is -2.33. The van der Waals surface area contributed by atoms with E-state index in [2.05, 4.69) is 176 Å². The third-order valence-electron chi connectivity index (χ3n) is 4.37. The van der Waals surface area contributed by atoms with Crippen LogP contribution in [0.4, 0.5) is 0 Å². The Kier molecular flexibility index (Phi) is 15.7. The molecular formula is C33H42MoPSi2+. The fraction of sp³-hybridized carbons (Fsp3) is 0.182. The SMILES string of the molecule is [CH2-][Si](C)(C)C.[CH2-][Si](C)(C)C.[CH]1[CH][CH][CH][C](c2ccccc2P(c2ccccc2)c2ccccc2)[CH][CH]1.[Mo+3]. The minimum atomic E-state index is -0.861. The quantitative estimate of drug-likeness (QED) is 0.120. The van der Waals surface area contributed by atoms with Gasteiger partial charge in [0.2, 0.25) is 0 Å². The van der Waals surface area contributed by atoms with Crippen molar-refractivity contribution in [3.63, 3.8) is 0 Å². The van der Waals surface area contributed by atoms with Crippen LogP contribution >= 0.6 is 7.92 Å². The molecule has 192 valence electrons. The number of rotatable bonds is 4. The maximum absolute atomic E-state index is 3.91. The molecule has 1 aliphatic rings. The predicted molar refractivity (Wildman–Crippen MR) is 171 cm³/mol. The molecule has 0 heterocycles. The van der Waals surface area contributed by atoms with Gasteiger partial charge >= 0.3 is 21.1 Å². The topological polar surface area (TPSA) is 0 Å². The minimum absolute atomic E-state index is 0. The van der Waals surface area contributed by atoms with Crippen LogP contribution in [-0.4, -0.2) is 16.1 Å². The summed E-state index contributed by atoms with van der Waals surface area (Å²) in [5.41, 5.74) is 1.31. The maximum atomic E-state index is 3.91. The smallest absolute Gasteiger partial charge is 0.342 e. The molecule has 0 N–H and O–H groups in total. The molecule has 8 radical (unpaired) electrons. The molecule has 3 aromatic carbocycles. The molecule has 0 amide bonds. The molecule has 1 aliphatic carbocycles. The van der Waals surface area contributed by atoms with Crippen LogP contribution in [0.5, 0.6) is 0 Å². The van der Waals surface area contributed by atoms with E-state index in [0.29, 0.717) is 0 Å². The number of benzene rings is 3. The summed E-state index contributed by atoms with van der Waals surface area (Å²) < 4.78 is 0. The zero-order valence-electron chi connectivity index (χ0n) is 23.3. The summed E-state index contributed by atoms with van der Waals surface area (Å²) in [6.45, 7) is 21.1. The summed E-state index contributed by atoms with van der Waals surface area (Å²) in [6.07, 6.45) is 12.8. The Morgan fingerprint density at radius 2 is 0.865 bits per heavy atom. The Bertz CT molecular complexity index is 923. The Morgan fingerprint density at radius 3 is 1.27 bits per heavy atom. The van der Waals surface area contributed by atoms with Crippen molar-refractivity contribution < 1.29 is 21.1 Å². The van der Waals surface area contributed by atoms with Crippen LogP contribution in [0, 0.1) is 57.5 Å². The van der Waals surface area contributed by atoms with Crippen LogP contribution in [0.1, 0.15) is 5.56 Å². The normalized spacial score (nSPS) is 14.3. The first-order chi connectivity index (χ1) is 16.9. The molecular weight excluding hydrogens is 579 g/mol. The summed E-state index contributed by atoms with van der Waals surface area (Å²) in [4.78, 5) is 0. The van der Waals surface area contributed by atoms with Gasteiger partial charge < -0.3 is 13.1 Å². The average molecular weight is 622 g/mol. The van der Waals surface area contributed by atoms with Crippen molar-refractivity contribution in [2.75, 3.05) is 0 Å². The van der Waals surface area contributed by atoms with Gasteiger partial charge in [0, 0.05) is 5.92 Å². The first-order valence-corrected chi connectivity index (χ1v) is 21.3. The third kappa shape index (κ3) is 14.8. The van der Waals surface area contributed by atoms with Gasteiger partial charge in [-0.2, -0.15) is 0 Å². The van der Waals surface area contributed by atoms with E-state index in [0.717, 1.165) is 0 Å². The van der Waals surface area contributed by atoms with Crippen molar-refractivity contribution in [2.24, 2.45) is 0 Å². The van der Waals surface area contributed by atoms with E-state index in [-0.39, 0.29) is 21.1 Å². The van der Waals surface area contributed by atoms with Gasteiger partial charge in [-0.3, -0.25) is 0 Å². The molecule has 37 heavy (non-hydrogen) atoms. The largest absolute Gasteiger partial charge is 3.00 e. The summed E-state index contributed by atoms with van der Waals surface area (Å²) in [5, 5.41) is 4.15. The third-order valence-corrected chi connectivity index (χ3v) is 6.87. The van der Waals surface area contributed by atoms with Crippen LogP contribution in [0.2, 0.25) is 39.3 Å². The number of hydrogen-bond acceptors (Lipinski definition) is 0. The molecule has 1 saturated carbocycles. The minimum Gasteiger partial charge on any atom is -0.342 e. The van der Waals surface area contributed by atoms with E-state index < -0.39 is 24.1 Å². The predicted octanol–water partition coefficient (Wildman–Crippen LogP) is 8.00. The van der Waals surface area contributed by atoms with Crippen molar-refractivity contribution >= 4 is 40.0 Å². The van der Waals surface area contributed by atoms with Crippen LogP contribution in [0.3, 0.4) is 0 Å². The Hall–Kier alpha value is -0.788. The second-order valence-electron chi connectivity index (χ2n) is 11.2. The van der Waals surface area contributed by atoms with E-state index in [1.165, 1.54) is 27.4 Å². The van der Waals surface area contributed by atoms with Crippen molar-refractivity contribution in [3.8, 4) is 0 Å². The van der Waals surface area contributed by atoms with Gasteiger partial charge in [-0.25, -0.2) is 0 Å². The molecule has 3 aromatic rings. The second kappa shape index (κ2) is 17.0. The maximum Gasteiger partial charge on any atom is 3.00 e. The molecule has 0 aromatic heterocycles. The molecule has 4 heteroatoms. The standard InChI is InChI=1S/C25H20P.2C4H11Si.Mo/c1-2-6-14-21(13-5-1)24-19-11-12-20-25(24)26(22-15-7-3-8-16-22)23-17-9-4-10-18-23;2*1-5(2,3)4;/h1-20H;2*1H2,2-4H3;/q;2*-1;+3. The Labute approximate surface area is 247 Å². The second-order valence-corrected chi connectivity index (χ2v) is 23.6. The Balaban J connectivity index is 0.000000534. The van der Waals surface area contributed by atoms with Crippen LogP contribution in [-0.2, 0) is 21.1 Å². The van der Waals surface area contributed by atoms with Gasteiger partial charge in [0.1, 0.15) is 0 Å². The Morgan fingerprint density at radius 1 is 0.514 bits per heavy atom. The first-order valence-electron chi connectivity index (χ1n) is 12.5. The molecule has 0 unspecified atom stereocenters. The van der Waals surface area contributed by atoms with Gasteiger partial charge in [0.25, 0.3) is 0 Å². The molecule has 0 atom stereocenters. The van der Waals surface area contributed by atoms with Crippen molar-refractivity contribution in [1.29, 1.82) is 0 Å². The molecule has 1 fully saturated rings. The van der Waals surface area contributed by atoms with Gasteiger partial charge in [-0.05, 0) is 67.9 Å². The number of hydrogen-bond donors (Lipinski definition) is 0. The van der Waals surface area contributed by atoms with E-state index >= 15 is 0 Å². The van der Waals surface area contributed by atoms with Crippen molar-refractivity contribution in [1.82, 2.24) is 0 Å². The fourth-order valence-corrected chi connectivity index (χ4v) is 5.65. The summed E-state index contributed by atoms with van der Waals surface area (Å²) in [6, 6.07) is 30.5. The average Bonchev–Trinajstić information content (AvgIpc) is 3.09.